The van der Waals surface area contributed by atoms with Crippen molar-refractivity contribution in [3.8, 4) is 22.2 Å². The second-order valence-electron chi connectivity index (χ2n) is 7.53. The van der Waals surface area contributed by atoms with Crippen LogP contribution in [-0.4, -0.2) is 29.3 Å². The highest BCUT2D eigenvalue weighted by molar-refractivity contribution is 7.13. The molecule has 2 heterocycles. The first-order valence-electron chi connectivity index (χ1n) is 11.2. The SMILES string of the molecule is CCCOc1ccc(C(C)NC(=O)CCCc2nc(-c3cccs3)no2)cc1OCCC. The summed E-state index contributed by atoms with van der Waals surface area (Å²) in [5.74, 6) is 2.59. The second kappa shape index (κ2) is 12.2. The molecule has 0 radical (unpaired) electrons. The number of nitrogens with one attached hydrogen (secondary N) is 1. The zero-order valence-electron chi connectivity index (χ0n) is 18.9. The minimum Gasteiger partial charge on any atom is -0.490 e. The zero-order valence-corrected chi connectivity index (χ0v) is 19.7. The van der Waals surface area contributed by atoms with E-state index in [2.05, 4.69) is 29.3 Å². The molecule has 32 heavy (non-hydrogen) atoms. The van der Waals surface area contributed by atoms with Gasteiger partial charge in [0.05, 0.1) is 24.1 Å². The molecule has 1 unspecified atom stereocenters. The fraction of sp³-hybridized carbons (Fsp3) is 0.458. The van der Waals surface area contributed by atoms with Gasteiger partial charge in [0.2, 0.25) is 17.6 Å². The molecule has 1 aromatic carbocycles. The maximum absolute atomic E-state index is 12.4. The molecule has 0 spiro atoms. The van der Waals surface area contributed by atoms with Gasteiger partial charge in [-0.15, -0.1) is 11.3 Å². The average molecular weight is 458 g/mol. The monoisotopic (exact) mass is 457 g/mol. The molecule has 0 aliphatic heterocycles. The number of amides is 1. The van der Waals surface area contributed by atoms with Crippen LogP contribution in [0.2, 0.25) is 0 Å². The largest absolute Gasteiger partial charge is 0.490 e. The highest BCUT2D eigenvalue weighted by atomic mass is 32.1. The molecule has 0 saturated heterocycles. The van der Waals surface area contributed by atoms with Crippen LogP contribution < -0.4 is 14.8 Å². The Balaban J connectivity index is 1.50. The van der Waals surface area contributed by atoms with Gasteiger partial charge in [0.25, 0.3) is 0 Å². The quantitative estimate of drug-likeness (QED) is 0.361. The van der Waals surface area contributed by atoms with Gasteiger partial charge in [-0.2, -0.15) is 4.98 Å². The summed E-state index contributed by atoms with van der Waals surface area (Å²) in [5.41, 5.74) is 0.978. The lowest BCUT2D eigenvalue weighted by molar-refractivity contribution is -0.121. The number of rotatable bonds is 13. The van der Waals surface area contributed by atoms with Crippen molar-refractivity contribution in [1.29, 1.82) is 0 Å². The van der Waals surface area contributed by atoms with Gasteiger partial charge in [0, 0.05) is 12.8 Å². The summed E-state index contributed by atoms with van der Waals surface area (Å²) in [7, 11) is 0. The van der Waals surface area contributed by atoms with Crippen LogP contribution in [0.15, 0.2) is 40.2 Å². The van der Waals surface area contributed by atoms with Gasteiger partial charge in [-0.25, -0.2) is 0 Å². The molecule has 0 bridgehead atoms. The third kappa shape index (κ3) is 6.82. The summed E-state index contributed by atoms with van der Waals surface area (Å²) < 4.78 is 16.9. The van der Waals surface area contributed by atoms with Crippen molar-refractivity contribution in [3.05, 3.63) is 47.2 Å². The Hall–Kier alpha value is -2.87. The van der Waals surface area contributed by atoms with Gasteiger partial charge in [0.15, 0.2) is 11.5 Å². The Bertz CT molecular complexity index is 972. The lowest BCUT2D eigenvalue weighted by atomic mass is 10.1. The number of ether oxygens (including phenoxy) is 2. The molecule has 0 saturated carbocycles. The molecule has 7 nitrogen and oxygen atoms in total. The molecule has 8 heteroatoms. The molecule has 3 rings (SSSR count). The molecule has 0 fully saturated rings. The van der Waals surface area contributed by atoms with Crippen LogP contribution >= 0.6 is 11.3 Å². The van der Waals surface area contributed by atoms with Crippen LogP contribution in [-0.2, 0) is 11.2 Å². The third-order valence-electron chi connectivity index (χ3n) is 4.77. The van der Waals surface area contributed by atoms with E-state index in [4.69, 9.17) is 14.0 Å². The van der Waals surface area contributed by atoms with Gasteiger partial charge in [-0.3, -0.25) is 4.79 Å². The molecule has 1 atom stereocenters. The summed E-state index contributed by atoms with van der Waals surface area (Å²) in [6.45, 7) is 7.37. The Labute approximate surface area is 193 Å². The highest BCUT2D eigenvalue weighted by Crippen LogP contribution is 2.31. The number of benzene rings is 1. The normalized spacial score (nSPS) is 11.8. The van der Waals surface area contributed by atoms with E-state index in [1.165, 1.54) is 0 Å². The van der Waals surface area contributed by atoms with E-state index in [0.29, 0.717) is 44.2 Å². The number of aromatic nitrogens is 2. The lowest BCUT2D eigenvalue weighted by Crippen LogP contribution is -2.26. The summed E-state index contributed by atoms with van der Waals surface area (Å²) in [5, 5.41) is 9.03. The van der Waals surface area contributed by atoms with Crippen molar-refractivity contribution in [2.24, 2.45) is 0 Å². The smallest absolute Gasteiger partial charge is 0.226 e. The molecular weight excluding hydrogens is 426 g/mol. The van der Waals surface area contributed by atoms with Crippen molar-refractivity contribution in [3.63, 3.8) is 0 Å². The first-order chi connectivity index (χ1) is 15.6. The van der Waals surface area contributed by atoms with Crippen LogP contribution in [0.4, 0.5) is 0 Å². The minimum atomic E-state index is -0.138. The van der Waals surface area contributed by atoms with Gasteiger partial charge in [-0.1, -0.05) is 31.1 Å². The Kier molecular flexibility index (Phi) is 9.10. The standard InChI is InChI=1S/C24H31N3O4S/c1-4-13-29-19-12-11-18(16-20(19)30-14-5-2)17(3)25-22(28)9-6-10-23-26-24(27-31-23)21-8-7-15-32-21/h7-8,11-12,15-17H,4-6,9-10,13-14H2,1-3H3,(H,25,28). The second-order valence-corrected chi connectivity index (χ2v) is 8.48. The van der Waals surface area contributed by atoms with Gasteiger partial charge < -0.3 is 19.3 Å². The fourth-order valence-corrected chi connectivity index (χ4v) is 3.76. The summed E-state index contributed by atoms with van der Waals surface area (Å²) in [4.78, 5) is 17.8. The fourth-order valence-electron chi connectivity index (χ4n) is 3.11. The van der Waals surface area contributed by atoms with Crippen LogP contribution in [0.3, 0.4) is 0 Å². The Morgan fingerprint density at radius 2 is 1.94 bits per heavy atom. The first kappa shape index (κ1) is 23.8. The molecule has 0 aliphatic carbocycles. The number of nitrogens with zero attached hydrogens (tertiary/aromatic N) is 2. The zero-order chi connectivity index (χ0) is 22.8. The topological polar surface area (TPSA) is 86.5 Å². The van der Waals surface area contributed by atoms with Crippen LogP contribution in [0, 0.1) is 0 Å². The molecule has 2 aromatic heterocycles. The van der Waals surface area contributed by atoms with E-state index in [1.807, 2.05) is 42.6 Å². The van der Waals surface area contributed by atoms with Crippen molar-refractivity contribution in [2.45, 2.75) is 58.9 Å². The van der Waals surface area contributed by atoms with Crippen LogP contribution in [0.25, 0.3) is 10.7 Å². The molecule has 0 aliphatic rings. The summed E-state index contributed by atoms with van der Waals surface area (Å²) >= 11 is 1.57. The van der Waals surface area contributed by atoms with E-state index in [-0.39, 0.29) is 11.9 Å². The van der Waals surface area contributed by atoms with E-state index >= 15 is 0 Å². The Morgan fingerprint density at radius 1 is 1.16 bits per heavy atom. The highest BCUT2D eigenvalue weighted by Gasteiger charge is 2.15. The predicted octanol–water partition coefficient (Wildman–Crippen LogP) is 5.58. The Morgan fingerprint density at radius 3 is 2.66 bits per heavy atom. The van der Waals surface area contributed by atoms with Gasteiger partial charge >= 0.3 is 0 Å². The summed E-state index contributed by atoms with van der Waals surface area (Å²) in [6.07, 6.45) is 3.44. The number of hydrogen-bond donors (Lipinski definition) is 1. The molecule has 1 amide bonds. The van der Waals surface area contributed by atoms with E-state index in [0.717, 1.165) is 34.8 Å². The summed E-state index contributed by atoms with van der Waals surface area (Å²) in [6, 6.07) is 9.61. The molecule has 1 N–H and O–H groups in total. The molecular formula is C24H31N3O4S. The molecule has 172 valence electrons. The lowest BCUT2D eigenvalue weighted by Gasteiger charge is -2.18. The first-order valence-corrected chi connectivity index (χ1v) is 12.0. The van der Waals surface area contributed by atoms with Gasteiger partial charge in [-0.05, 0) is 55.3 Å². The van der Waals surface area contributed by atoms with Crippen LogP contribution in [0.5, 0.6) is 11.5 Å². The van der Waals surface area contributed by atoms with Gasteiger partial charge in [0.1, 0.15) is 0 Å². The van der Waals surface area contributed by atoms with Crippen molar-refractivity contribution in [2.75, 3.05) is 13.2 Å². The number of carbonyl (C=O) groups is 1. The number of carbonyl (C=O) groups excluding carboxylic acids is 1. The van der Waals surface area contributed by atoms with Crippen LogP contribution in [0.1, 0.15) is 64.0 Å². The van der Waals surface area contributed by atoms with E-state index < -0.39 is 0 Å². The maximum atomic E-state index is 12.4. The van der Waals surface area contributed by atoms with E-state index in [9.17, 15) is 4.79 Å². The maximum Gasteiger partial charge on any atom is 0.226 e. The minimum absolute atomic E-state index is 0.0159. The number of aryl methyl sites for hydroxylation is 1. The third-order valence-corrected chi connectivity index (χ3v) is 5.64. The molecule has 3 aromatic rings. The predicted molar refractivity (Wildman–Crippen MR) is 125 cm³/mol. The number of hydrogen-bond acceptors (Lipinski definition) is 7. The number of thiophene rings is 1. The van der Waals surface area contributed by atoms with Crippen molar-refractivity contribution in [1.82, 2.24) is 15.5 Å². The van der Waals surface area contributed by atoms with Crippen molar-refractivity contribution < 1.29 is 18.8 Å². The average Bonchev–Trinajstić information content (AvgIpc) is 3.48. The van der Waals surface area contributed by atoms with E-state index in [1.54, 1.807) is 11.3 Å². The van der Waals surface area contributed by atoms with Crippen molar-refractivity contribution >= 4 is 17.2 Å².